The maximum Gasteiger partial charge on any atom is 0.256 e. The van der Waals surface area contributed by atoms with Crippen LogP contribution in [0.1, 0.15) is 78.1 Å². The number of benzene rings is 1. The summed E-state index contributed by atoms with van der Waals surface area (Å²) in [4.78, 5) is 39.1. The largest absolute Gasteiger partial charge is 0.352 e. The molecule has 0 spiro atoms. The van der Waals surface area contributed by atoms with E-state index >= 15 is 0 Å². The highest BCUT2D eigenvalue weighted by Gasteiger charge is 2.18. The molecular formula is C24H31N3O3S. The van der Waals surface area contributed by atoms with Crippen molar-refractivity contribution in [2.45, 2.75) is 51.9 Å². The van der Waals surface area contributed by atoms with Gasteiger partial charge >= 0.3 is 0 Å². The zero-order chi connectivity index (χ0) is 22.2. The van der Waals surface area contributed by atoms with Gasteiger partial charge in [-0.2, -0.15) is 0 Å². The van der Waals surface area contributed by atoms with Crippen LogP contribution in [0, 0.1) is 0 Å². The first-order valence-corrected chi connectivity index (χ1v) is 11.9. The van der Waals surface area contributed by atoms with E-state index in [1.807, 2.05) is 29.2 Å². The molecule has 2 N–H and O–H groups in total. The molecule has 0 radical (unpaired) electrons. The summed E-state index contributed by atoms with van der Waals surface area (Å²) >= 11 is 1.33. The van der Waals surface area contributed by atoms with Gasteiger partial charge in [-0.05, 0) is 54.3 Å². The molecule has 6 nitrogen and oxygen atoms in total. The first kappa shape index (κ1) is 23.0. The highest BCUT2D eigenvalue weighted by Crippen LogP contribution is 2.24. The Balaban J connectivity index is 1.50. The van der Waals surface area contributed by atoms with E-state index < -0.39 is 0 Å². The quantitative estimate of drug-likeness (QED) is 0.586. The summed E-state index contributed by atoms with van der Waals surface area (Å²) in [5.74, 6) is 0.177. The number of likely N-dealkylation sites (tertiary alicyclic amines) is 1. The third-order valence-electron chi connectivity index (χ3n) is 5.54. The van der Waals surface area contributed by atoms with Gasteiger partial charge in [0, 0.05) is 31.6 Å². The van der Waals surface area contributed by atoms with Crippen molar-refractivity contribution in [3.05, 3.63) is 52.4 Å². The molecule has 2 aromatic rings. The summed E-state index contributed by atoms with van der Waals surface area (Å²) < 4.78 is 0. The van der Waals surface area contributed by atoms with Crippen LogP contribution in [0.2, 0.25) is 0 Å². The Bertz CT molecular complexity index is 905. The lowest BCUT2D eigenvalue weighted by Crippen LogP contribution is -2.34. The summed E-state index contributed by atoms with van der Waals surface area (Å²) in [5.41, 5.74) is 2.20. The van der Waals surface area contributed by atoms with Crippen LogP contribution >= 0.6 is 11.3 Å². The van der Waals surface area contributed by atoms with Gasteiger partial charge in [-0.25, -0.2) is 0 Å². The number of hydrogen-bond acceptors (Lipinski definition) is 4. The predicted molar refractivity (Wildman–Crippen MR) is 125 cm³/mol. The van der Waals surface area contributed by atoms with Crippen LogP contribution in [0.15, 0.2) is 35.7 Å². The number of carbonyl (C=O) groups is 3. The number of carbonyl (C=O) groups excluding carboxylic acids is 3. The molecule has 2 heterocycles. The molecule has 31 heavy (non-hydrogen) atoms. The summed E-state index contributed by atoms with van der Waals surface area (Å²) in [6.45, 7) is 6.18. The van der Waals surface area contributed by atoms with E-state index in [2.05, 4.69) is 24.5 Å². The zero-order valence-corrected chi connectivity index (χ0v) is 19.1. The maximum absolute atomic E-state index is 12.6. The molecule has 1 aliphatic rings. The standard InChI is InChI=1S/C24H31N3O3S/c1-17(2)18-8-10-19(11-9-18)22(29)26-24-20(12-16-31-24)23(30)25-13-6-15-27-14-5-3-4-7-21(27)28/h8-12,16-17H,3-7,13-15H2,1-2H3,(H,25,30)(H,26,29). The average Bonchev–Trinajstić information content (AvgIpc) is 3.12. The van der Waals surface area contributed by atoms with E-state index in [1.165, 1.54) is 16.9 Å². The molecule has 0 saturated carbocycles. The fourth-order valence-corrected chi connectivity index (χ4v) is 4.40. The van der Waals surface area contributed by atoms with Crippen LogP contribution in [-0.2, 0) is 4.79 Å². The first-order valence-electron chi connectivity index (χ1n) is 11.0. The van der Waals surface area contributed by atoms with Crippen molar-refractivity contribution in [3.8, 4) is 0 Å². The number of amides is 3. The molecule has 0 atom stereocenters. The molecule has 0 unspecified atom stereocenters. The Morgan fingerprint density at radius 1 is 1.06 bits per heavy atom. The van der Waals surface area contributed by atoms with E-state index in [4.69, 9.17) is 0 Å². The molecule has 3 rings (SSSR count). The normalized spacial score (nSPS) is 14.4. The number of thiophene rings is 1. The zero-order valence-electron chi connectivity index (χ0n) is 18.3. The summed E-state index contributed by atoms with van der Waals surface area (Å²) in [6.07, 6.45) is 4.47. The Hall–Kier alpha value is -2.67. The second kappa shape index (κ2) is 11.1. The third-order valence-corrected chi connectivity index (χ3v) is 6.37. The Kier molecular flexibility index (Phi) is 8.23. The van der Waals surface area contributed by atoms with E-state index in [0.29, 0.717) is 48.0 Å². The maximum atomic E-state index is 12.6. The summed E-state index contributed by atoms with van der Waals surface area (Å²) in [6, 6.07) is 9.24. The van der Waals surface area contributed by atoms with Crippen LogP contribution in [0.25, 0.3) is 0 Å². The van der Waals surface area contributed by atoms with Gasteiger partial charge in [0.1, 0.15) is 5.00 Å². The number of hydrogen-bond donors (Lipinski definition) is 2. The summed E-state index contributed by atoms with van der Waals surface area (Å²) in [7, 11) is 0. The number of anilines is 1. The fraction of sp³-hybridized carbons (Fsp3) is 0.458. The number of rotatable bonds is 8. The molecule has 1 aromatic carbocycles. The minimum absolute atomic E-state index is 0.214. The van der Waals surface area contributed by atoms with Gasteiger partial charge in [-0.3, -0.25) is 14.4 Å². The van der Waals surface area contributed by atoms with Crippen LogP contribution in [0.4, 0.5) is 5.00 Å². The molecule has 166 valence electrons. The summed E-state index contributed by atoms with van der Waals surface area (Å²) in [5, 5.41) is 8.10. The molecule has 7 heteroatoms. The lowest BCUT2D eigenvalue weighted by atomic mass is 10.0. The lowest BCUT2D eigenvalue weighted by Gasteiger charge is -2.20. The Labute approximate surface area is 188 Å². The van der Waals surface area contributed by atoms with Gasteiger partial charge in [-0.15, -0.1) is 11.3 Å². The van der Waals surface area contributed by atoms with Crippen LogP contribution in [0.5, 0.6) is 0 Å². The minimum Gasteiger partial charge on any atom is -0.352 e. The molecule has 1 saturated heterocycles. The van der Waals surface area contributed by atoms with Gasteiger partial charge < -0.3 is 15.5 Å². The first-order chi connectivity index (χ1) is 15.0. The molecule has 0 bridgehead atoms. The number of nitrogens with one attached hydrogen (secondary N) is 2. The SMILES string of the molecule is CC(C)c1ccc(C(=O)Nc2sccc2C(=O)NCCCN2CCCCCC2=O)cc1. The molecule has 1 fully saturated rings. The van der Waals surface area contributed by atoms with Crippen molar-refractivity contribution >= 4 is 34.1 Å². The van der Waals surface area contributed by atoms with Crippen molar-refractivity contribution in [2.24, 2.45) is 0 Å². The van der Waals surface area contributed by atoms with Crippen molar-refractivity contribution in [3.63, 3.8) is 0 Å². The fourth-order valence-electron chi connectivity index (χ4n) is 3.62. The van der Waals surface area contributed by atoms with Gasteiger partial charge in [0.2, 0.25) is 5.91 Å². The van der Waals surface area contributed by atoms with Gasteiger partial charge in [0.25, 0.3) is 11.8 Å². The molecular weight excluding hydrogens is 410 g/mol. The van der Waals surface area contributed by atoms with E-state index in [-0.39, 0.29) is 17.7 Å². The van der Waals surface area contributed by atoms with Gasteiger partial charge in [-0.1, -0.05) is 32.4 Å². The molecule has 3 amide bonds. The van der Waals surface area contributed by atoms with Crippen LogP contribution in [0.3, 0.4) is 0 Å². The van der Waals surface area contributed by atoms with E-state index in [9.17, 15) is 14.4 Å². The topological polar surface area (TPSA) is 78.5 Å². The minimum atomic E-state index is -0.230. The molecule has 0 aliphatic carbocycles. The second-order valence-electron chi connectivity index (χ2n) is 8.20. The molecule has 1 aromatic heterocycles. The average molecular weight is 442 g/mol. The van der Waals surface area contributed by atoms with Gasteiger partial charge in [0.05, 0.1) is 5.56 Å². The predicted octanol–water partition coefficient (Wildman–Crippen LogP) is 4.65. The van der Waals surface area contributed by atoms with Crippen molar-refractivity contribution in [2.75, 3.05) is 25.0 Å². The Morgan fingerprint density at radius 3 is 2.58 bits per heavy atom. The molecule has 1 aliphatic heterocycles. The smallest absolute Gasteiger partial charge is 0.256 e. The highest BCUT2D eigenvalue weighted by molar-refractivity contribution is 7.14. The van der Waals surface area contributed by atoms with Crippen LogP contribution < -0.4 is 10.6 Å². The lowest BCUT2D eigenvalue weighted by molar-refractivity contribution is -0.130. The Morgan fingerprint density at radius 2 is 1.84 bits per heavy atom. The van der Waals surface area contributed by atoms with Crippen molar-refractivity contribution in [1.82, 2.24) is 10.2 Å². The third kappa shape index (κ3) is 6.40. The van der Waals surface area contributed by atoms with Crippen molar-refractivity contribution in [1.29, 1.82) is 0 Å². The highest BCUT2D eigenvalue weighted by atomic mass is 32.1. The number of nitrogens with zero attached hydrogens (tertiary/aromatic N) is 1. The van der Waals surface area contributed by atoms with Crippen molar-refractivity contribution < 1.29 is 14.4 Å². The van der Waals surface area contributed by atoms with Gasteiger partial charge in [0.15, 0.2) is 0 Å². The van der Waals surface area contributed by atoms with E-state index in [0.717, 1.165) is 25.8 Å². The van der Waals surface area contributed by atoms with E-state index in [1.54, 1.807) is 11.4 Å². The second-order valence-corrected chi connectivity index (χ2v) is 9.11. The van der Waals surface area contributed by atoms with Crippen LogP contribution in [-0.4, -0.2) is 42.3 Å². The monoisotopic (exact) mass is 441 g/mol.